The Kier molecular flexibility index (Phi) is 5.70. The van der Waals surface area contributed by atoms with Crippen LogP contribution >= 0.6 is 0 Å². The van der Waals surface area contributed by atoms with Gasteiger partial charge in [0, 0.05) is 18.2 Å². The van der Waals surface area contributed by atoms with E-state index in [1.54, 1.807) is 0 Å². The Bertz CT molecular complexity index is 290. The molecule has 0 aromatic rings. The Morgan fingerprint density at radius 1 is 1.40 bits per heavy atom. The van der Waals surface area contributed by atoms with E-state index in [4.69, 9.17) is 0 Å². The predicted octanol–water partition coefficient (Wildman–Crippen LogP) is -0.104. The molecule has 0 unspecified atom stereocenters. The molecule has 2 N–H and O–H groups in total. The van der Waals surface area contributed by atoms with E-state index in [0.29, 0.717) is 0 Å². The molecule has 0 radical (unpaired) electrons. The van der Waals surface area contributed by atoms with E-state index >= 15 is 0 Å². The molecule has 0 saturated heterocycles. The summed E-state index contributed by atoms with van der Waals surface area (Å²) < 4.78 is 0. The molecule has 0 aliphatic carbocycles. The molecule has 1 rings (SSSR count). The van der Waals surface area contributed by atoms with Gasteiger partial charge in [0.2, 0.25) is 5.91 Å². The molecular weight excluding hydrogens is 196 g/mol. The van der Waals surface area contributed by atoms with Crippen molar-refractivity contribution in [1.82, 2.24) is 10.6 Å². The SMILES string of the molecule is C=CC(=O)NC(C)C.O=C1C=CC(=O)N1. The summed E-state index contributed by atoms with van der Waals surface area (Å²) in [6.45, 7) is 7.11. The standard InChI is InChI=1S/C6H11NO.C4H3NO2/c1-4-6(8)7-5(2)3;6-3-1-2-4(7)5-3/h4-5H,1H2,2-3H3,(H,7,8);1-2H,(H,5,6,7). The third-order valence-electron chi connectivity index (χ3n) is 1.25. The number of imide groups is 1. The van der Waals surface area contributed by atoms with Gasteiger partial charge in [0.25, 0.3) is 11.8 Å². The number of hydrogen-bond donors (Lipinski definition) is 2. The minimum atomic E-state index is -0.329. The Morgan fingerprint density at radius 3 is 2.00 bits per heavy atom. The van der Waals surface area contributed by atoms with Crippen LogP contribution in [0.25, 0.3) is 0 Å². The van der Waals surface area contributed by atoms with Crippen LogP contribution in [-0.2, 0) is 14.4 Å². The highest BCUT2D eigenvalue weighted by atomic mass is 16.2. The second-order valence-electron chi connectivity index (χ2n) is 3.05. The molecule has 0 bridgehead atoms. The lowest BCUT2D eigenvalue weighted by Gasteiger charge is -2.02. The number of carbonyl (C=O) groups is 3. The molecule has 5 heteroatoms. The third-order valence-corrected chi connectivity index (χ3v) is 1.25. The van der Waals surface area contributed by atoms with Gasteiger partial charge in [0.1, 0.15) is 0 Å². The van der Waals surface area contributed by atoms with Gasteiger partial charge in [0.15, 0.2) is 0 Å². The quantitative estimate of drug-likeness (QED) is 0.493. The summed E-state index contributed by atoms with van der Waals surface area (Å²) in [6.07, 6.45) is 3.66. The van der Waals surface area contributed by atoms with E-state index in [1.807, 2.05) is 19.2 Å². The molecule has 1 heterocycles. The highest BCUT2D eigenvalue weighted by Crippen LogP contribution is 1.82. The highest BCUT2D eigenvalue weighted by Gasteiger charge is 2.06. The maximum atomic E-state index is 10.4. The van der Waals surface area contributed by atoms with E-state index in [2.05, 4.69) is 11.9 Å². The van der Waals surface area contributed by atoms with E-state index in [9.17, 15) is 14.4 Å². The Balaban J connectivity index is 0.000000262. The summed E-state index contributed by atoms with van der Waals surface area (Å²) in [7, 11) is 0. The van der Waals surface area contributed by atoms with Gasteiger partial charge in [-0.3, -0.25) is 19.7 Å². The largest absolute Gasteiger partial charge is 0.350 e. The molecule has 0 saturated carbocycles. The van der Waals surface area contributed by atoms with Crippen molar-refractivity contribution in [3.05, 3.63) is 24.8 Å². The summed E-state index contributed by atoms with van der Waals surface area (Å²) >= 11 is 0. The lowest BCUT2D eigenvalue weighted by Crippen LogP contribution is -2.27. The molecule has 0 fully saturated rings. The molecule has 0 spiro atoms. The second kappa shape index (κ2) is 6.53. The van der Waals surface area contributed by atoms with Crippen LogP contribution in [0.3, 0.4) is 0 Å². The molecule has 1 aliphatic rings. The normalized spacial score (nSPS) is 13.0. The highest BCUT2D eigenvalue weighted by molar-refractivity contribution is 6.12. The summed E-state index contributed by atoms with van der Waals surface area (Å²) in [5.74, 6) is -0.769. The fraction of sp³-hybridized carbons (Fsp3) is 0.300. The van der Waals surface area contributed by atoms with Crippen molar-refractivity contribution in [2.75, 3.05) is 0 Å². The maximum Gasteiger partial charge on any atom is 0.250 e. The van der Waals surface area contributed by atoms with Crippen LogP contribution in [-0.4, -0.2) is 23.8 Å². The van der Waals surface area contributed by atoms with E-state index in [0.717, 1.165) is 0 Å². The topological polar surface area (TPSA) is 75.3 Å². The minimum Gasteiger partial charge on any atom is -0.350 e. The van der Waals surface area contributed by atoms with Gasteiger partial charge in [-0.1, -0.05) is 6.58 Å². The van der Waals surface area contributed by atoms with E-state index in [-0.39, 0.29) is 23.8 Å². The zero-order valence-electron chi connectivity index (χ0n) is 8.74. The molecule has 0 atom stereocenters. The van der Waals surface area contributed by atoms with Crippen LogP contribution in [0.15, 0.2) is 24.8 Å². The molecule has 0 aromatic heterocycles. The first-order valence-corrected chi connectivity index (χ1v) is 4.41. The maximum absolute atomic E-state index is 10.4. The van der Waals surface area contributed by atoms with Crippen molar-refractivity contribution < 1.29 is 14.4 Å². The van der Waals surface area contributed by atoms with E-state index in [1.165, 1.54) is 18.2 Å². The smallest absolute Gasteiger partial charge is 0.250 e. The number of carbonyl (C=O) groups excluding carboxylic acids is 3. The number of nitrogens with one attached hydrogen (secondary N) is 2. The summed E-state index contributed by atoms with van der Waals surface area (Å²) in [5, 5.41) is 4.66. The number of hydrogen-bond acceptors (Lipinski definition) is 3. The summed E-state index contributed by atoms with van der Waals surface area (Å²) in [4.78, 5) is 30.5. The first-order valence-electron chi connectivity index (χ1n) is 4.41. The predicted molar refractivity (Wildman–Crippen MR) is 55.8 cm³/mol. The first-order chi connectivity index (χ1) is 6.95. The zero-order valence-corrected chi connectivity index (χ0v) is 8.74. The van der Waals surface area contributed by atoms with Crippen LogP contribution < -0.4 is 10.6 Å². The summed E-state index contributed by atoms with van der Waals surface area (Å²) in [6, 6.07) is 0.209. The molecule has 5 nitrogen and oxygen atoms in total. The van der Waals surface area contributed by atoms with Gasteiger partial charge in [-0.15, -0.1) is 0 Å². The molecule has 0 aromatic carbocycles. The fourth-order valence-electron chi connectivity index (χ4n) is 0.700. The van der Waals surface area contributed by atoms with Gasteiger partial charge in [-0.2, -0.15) is 0 Å². The minimum absolute atomic E-state index is 0.111. The second-order valence-corrected chi connectivity index (χ2v) is 3.05. The Hall–Kier alpha value is -1.91. The molecular formula is C10H14N2O3. The number of rotatable bonds is 2. The fourth-order valence-corrected chi connectivity index (χ4v) is 0.700. The van der Waals surface area contributed by atoms with Crippen LogP contribution in [0.5, 0.6) is 0 Å². The molecule has 1 aliphatic heterocycles. The zero-order chi connectivity index (χ0) is 11.8. The Morgan fingerprint density at radius 2 is 1.87 bits per heavy atom. The van der Waals surface area contributed by atoms with Crippen molar-refractivity contribution in [1.29, 1.82) is 0 Å². The van der Waals surface area contributed by atoms with Gasteiger partial charge in [-0.05, 0) is 19.9 Å². The average Bonchev–Trinajstić information content (AvgIpc) is 2.49. The van der Waals surface area contributed by atoms with Gasteiger partial charge >= 0.3 is 0 Å². The third kappa shape index (κ3) is 7.18. The lowest BCUT2D eigenvalue weighted by atomic mass is 10.4. The van der Waals surface area contributed by atoms with Crippen molar-refractivity contribution in [2.45, 2.75) is 19.9 Å². The van der Waals surface area contributed by atoms with E-state index < -0.39 is 0 Å². The van der Waals surface area contributed by atoms with Crippen molar-refractivity contribution in [2.24, 2.45) is 0 Å². The van der Waals surface area contributed by atoms with Gasteiger partial charge in [0.05, 0.1) is 0 Å². The average molecular weight is 210 g/mol. The Labute approximate surface area is 88.2 Å². The van der Waals surface area contributed by atoms with Crippen molar-refractivity contribution in [3.8, 4) is 0 Å². The van der Waals surface area contributed by atoms with Crippen molar-refractivity contribution >= 4 is 17.7 Å². The van der Waals surface area contributed by atoms with Crippen LogP contribution in [0.1, 0.15) is 13.8 Å². The lowest BCUT2D eigenvalue weighted by molar-refractivity contribution is -0.123. The molecule has 82 valence electrons. The monoisotopic (exact) mass is 210 g/mol. The molecule has 15 heavy (non-hydrogen) atoms. The molecule has 3 amide bonds. The first kappa shape index (κ1) is 13.1. The van der Waals surface area contributed by atoms with Crippen LogP contribution in [0.2, 0.25) is 0 Å². The van der Waals surface area contributed by atoms with Crippen LogP contribution in [0.4, 0.5) is 0 Å². The van der Waals surface area contributed by atoms with Gasteiger partial charge < -0.3 is 5.32 Å². The van der Waals surface area contributed by atoms with Gasteiger partial charge in [-0.25, -0.2) is 0 Å². The summed E-state index contributed by atoms with van der Waals surface area (Å²) in [5.41, 5.74) is 0. The van der Waals surface area contributed by atoms with Crippen LogP contribution in [0, 0.1) is 0 Å². The van der Waals surface area contributed by atoms with Crippen molar-refractivity contribution in [3.63, 3.8) is 0 Å². The number of amides is 3.